The maximum absolute atomic E-state index is 12.4. The zero-order valence-corrected chi connectivity index (χ0v) is 16.8. The summed E-state index contributed by atoms with van der Waals surface area (Å²) in [7, 11) is 3.07. The number of esters is 1. The Balaban J connectivity index is 1.76. The van der Waals surface area contributed by atoms with Gasteiger partial charge >= 0.3 is 5.97 Å². The van der Waals surface area contributed by atoms with Gasteiger partial charge in [-0.15, -0.1) is 0 Å². The number of hydrogen-bond donors (Lipinski definition) is 1. The lowest BCUT2D eigenvalue weighted by Gasteiger charge is -2.31. The van der Waals surface area contributed by atoms with Gasteiger partial charge in [0, 0.05) is 18.8 Å². The summed E-state index contributed by atoms with van der Waals surface area (Å²) >= 11 is 11.8. The normalized spacial score (nSPS) is 14.9. The van der Waals surface area contributed by atoms with Crippen LogP contribution in [0.4, 0.5) is 5.69 Å². The highest BCUT2D eigenvalue weighted by atomic mass is 35.5. The molecule has 0 aliphatic carbocycles. The van der Waals surface area contributed by atoms with Gasteiger partial charge in [-0.25, -0.2) is 0 Å². The minimum absolute atomic E-state index is 0.0601. The SMILES string of the molecule is COC(=O)C1CCN(C(=O)CN(C)CC(=O)Nc2ccc(Cl)c(Cl)c2)CC1. The minimum Gasteiger partial charge on any atom is -0.469 e. The van der Waals surface area contributed by atoms with Gasteiger partial charge in [-0.3, -0.25) is 19.3 Å². The largest absolute Gasteiger partial charge is 0.469 e. The number of ether oxygens (including phenoxy) is 1. The van der Waals surface area contributed by atoms with E-state index in [0.29, 0.717) is 41.7 Å². The number of anilines is 1. The monoisotopic (exact) mass is 415 g/mol. The number of likely N-dealkylation sites (N-methyl/N-ethyl adjacent to an activating group) is 1. The van der Waals surface area contributed by atoms with E-state index in [9.17, 15) is 14.4 Å². The fourth-order valence-corrected chi connectivity index (χ4v) is 3.24. The van der Waals surface area contributed by atoms with E-state index in [2.05, 4.69) is 5.32 Å². The molecule has 0 radical (unpaired) electrons. The molecule has 7 nitrogen and oxygen atoms in total. The summed E-state index contributed by atoms with van der Waals surface area (Å²) in [4.78, 5) is 39.4. The van der Waals surface area contributed by atoms with Crippen LogP contribution in [0.5, 0.6) is 0 Å². The molecule has 1 saturated heterocycles. The van der Waals surface area contributed by atoms with Crippen LogP contribution in [-0.4, -0.2) is 67.9 Å². The molecule has 0 saturated carbocycles. The first-order chi connectivity index (χ1) is 12.8. The molecule has 1 aliphatic rings. The highest BCUT2D eigenvalue weighted by molar-refractivity contribution is 6.42. The molecule has 0 bridgehead atoms. The molecular weight excluding hydrogens is 393 g/mol. The summed E-state index contributed by atoms with van der Waals surface area (Å²) in [6, 6.07) is 4.83. The summed E-state index contributed by atoms with van der Waals surface area (Å²) in [6.45, 7) is 1.21. The van der Waals surface area contributed by atoms with Gasteiger partial charge in [-0.05, 0) is 38.1 Å². The molecule has 0 aromatic heterocycles. The van der Waals surface area contributed by atoms with Gasteiger partial charge in [0.2, 0.25) is 11.8 Å². The molecule has 1 heterocycles. The lowest BCUT2D eigenvalue weighted by atomic mass is 9.97. The molecule has 1 aromatic rings. The van der Waals surface area contributed by atoms with Crippen LogP contribution in [0.1, 0.15) is 12.8 Å². The van der Waals surface area contributed by atoms with E-state index in [-0.39, 0.29) is 36.8 Å². The van der Waals surface area contributed by atoms with Crippen LogP contribution in [0, 0.1) is 5.92 Å². The van der Waals surface area contributed by atoms with Crippen molar-refractivity contribution >= 4 is 46.7 Å². The van der Waals surface area contributed by atoms with Gasteiger partial charge in [0.15, 0.2) is 0 Å². The van der Waals surface area contributed by atoms with Crippen molar-refractivity contribution in [3.63, 3.8) is 0 Å². The van der Waals surface area contributed by atoms with Crippen LogP contribution < -0.4 is 5.32 Å². The number of piperidine rings is 1. The summed E-state index contributed by atoms with van der Waals surface area (Å²) in [6.07, 6.45) is 1.19. The third-order valence-electron chi connectivity index (χ3n) is 4.40. The van der Waals surface area contributed by atoms with Gasteiger partial charge in [0.25, 0.3) is 0 Å². The van der Waals surface area contributed by atoms with Crippen LogP contribution >= 0.6 is 23.2 Å². The molecule has 9 heteroatoms. The van der Waals surface area contributed by atoms with E-state index < -0.39 is 0 Å². The molecule has 0 atom stereocenters. The Bertz CT molecular complexity index is 706. The number of hydrogen-bond acceptors (Lipinski definition) is 5. The second-order valence-corrected chi connectivity index (χ2v) is 7.34. The fraction of sp³-hybridized carbons (Fsp3) is 0.500. The molecule has 2 rings (SSSR count). The van der Waals surface area contributed by atoms with Crippen molar-refractivity contribution < 1.29 is 19.1 Å². The number of benzene rings is 1. The van der Waals surface area contributed by atoms with Crippen molar-refractivity contribution in [2.75, 3.05) is 45.7 Å². The third kappa shape index (κ3) is 6.37. The maximum Gasteiger partial charge on any atom is 0.308 e. The first kappa shape index (κ1) is 21.5. The van der Waals surface area contributed by atoms with Crippen LogP contribution in [0.25, 0.3) is 0 Å². The van der Waals surface area contributed by atoms with Gasteiger partial charge in [0.05, 0.1) is 36.2 Å². The number of amides is 2. The van der Waals surface area contributed by atoms with Crippen LogP contribution in [0.3, 0.4) is 0 Å². The molecule has 27 heavy (non-hydrogen) atoms. The minimum atomic E-state index is -0.256. The quantitative estimate of drug-likeness (QED) is 0.720. The van der Waals surface area contributed by atoms with E-state index in [4.69, 9.17) is 27.9 Å². The second kappa shape index (κ2) is 9.92. The first-order valence-electron chi connectivity index (χ1n) is 8.59. The van der Waals surface area contributed by atoms with Crippen LogP contribution in [0.2, 0.25) is 10.0 Å². The van der Waals surface area contributed by atoms with E-state index in [0.717, 1.165) is 0 Å². The average Bonchev–Trinajstić information content (AvgIpc) is 2.64. The summed E-state index contributed by atoms with van der Waals surface area (Å²) in [5.41, 5.74) is 0.541. The molecule has 1 aliphatic heterocycles. The summed E-state index contributed by atoms with van der Waals surface area (Å²) in [5, 5.41) is 3.48. The van der Waals surface area contributed by atoms with Crippen molar-refractivity contribution in [3.05, 3.63) is 28.2 Å². The van der Waals surface area contributed by atoms with Crippen molar-refractivity contribution in [1.82, 2.24) is 9.80 Å². The molecule has 0 unspecified atom stereocenters. The molecule has 1 aromatic carbocycles. The number of likely N-dealkylation sites (tertiary alicyclic amines) is 1. The lowest BCUT2D eigenvalue weighted by Crippen LogP contribution is -2.45. The number of halogens is 2. The van der Waals surface area contributed by atoms with Gasteiger partial charge in [-0.2, -0.15) is 0 Å². The molecule has 2 amide bonds. The predicted octanol–water partition coefficient (Wildman–Crippen LogP) is 2.28. The summed E-state index contributed by atoms with van der Waals surface area (Å²) in [5.74, 6) is -0.691. The molecule has 0 spiro atoms. The Kier molecular flexibility index (Phi) is 7.89. The Morgan fingerprint density at radius 2 is 1.85 bits per heavy atom. The maximum atomic E-state index is 12.4. The number of carbonyl (C=O) groups is 3. The van der Waals surface area contributed by atoms with Crippen LogP contribution in [-0.2, 0) is 19.1 Å². The molecule has 1 fully saturated rings. The summed E-state index contributed by atoms with van der Waals surface area (Å²) < 4.78 is 4.75. The van der Waals surface area contributed by atoms with E-state index >= 15 is 0 Å². The Morgan fingerprint density at radius 1 is 1.19 bits per heavy atom. The first-order valence-corrected chi connectivity index (χ1v) is 9.34. The highest BCUT2D eigenvalue weighted by Gasteiger charge is 2.28. The van der Waals surface area contributed by atoms with Crippen molar-refractivity contribution in [1.29, 1.82) is 0 Å². The topological polar surface area (TPSA) is 79.0 Å². The van der Waals surface area contributed by atoms with Crippen molar-refractivity contribution in [2.45, 2.75) is 12.8 Å². The zero-order valence-electron chi connectivity index (χ0n) is 15.3. The standard InChI is InChI=1S/C18H23Cl2N3O4/c1-22(10-16(24)21-13-3-4-14(19)15(20)9-13)11-17(25)23-7-5-12(6-8-23)18(26)27-2/h3-4,9,12H,5-8,10-11H2,1-2H3,(H,21,24). The van der Waals surface area contributed by atoms with E-state index in [1.165, 1.54) is 7.11 Å². The Labute approximate surface area is 168 Å². The number of nitrogens with one attached hydrogen (secondary N) is 1. The average molecular weight is 416 g/mol. The van der Waals surface area contributed by atoms with E-state index in [1.54, 1.807) is 35.0 Å². The van der Waals surface area contributed by atoms with Crippen LogP contribution in [0.15, 0.2) is 18.2 Å². The Morgan fingerprint density at radius 3 is 2.44 bits per heavy atom. The van der Waals surface area contributed by atoms with Gasteiger partial charge in [0.1, 0.15) is 0 Å². The zero-order chi connectivity index (χ0) is 20.0. The molecular formula is C18H23Cl2N3O4. The number of nitrogens with zero attached hydrogens (tertiary/aromatic N) is 2. The predicted molar refractivity (Wildman–Crippen MR) is 104 cm³/mol. The highest BCUT2D eigenvalue weighted by Crippen LogP contribution is 2.25. The number of rotatable bonds is 6. The van der Waals surface area contributed by atoms with Crippen molar-refractivity contribution in [2.24, 2.45) is 5.92 Å². The lowest BCUT2D eigenvalue weighted by molar-refractivity contribution is -0.149. The third-order valence-corrected chi connectivity index (χ3v) is 5.14. The van der Waals surface area contributed by atoms with Gasteiger partial charge < -0.3 is 15.0 Å². The second-order valence-electron chi connectivity index (χ2n) is 6.53. The molecule has 148 valence electrons. The fourth-order valence-electron chi connectivity index (χ4n) is 2.94. The number of methoxy groups -OCH3 is 1. The van der Waals surface area contributed by atoms with Crippen molar-refractivity contribution in [3.8, 4) is 0 Å². The molecule has 1 N–H and O–H groups in total. The van der Waals surface area contributed by atoms with Gasteiger partial charge in [-0.1, -0.05) is 23.2 Å². The van der Waals surface area contributed by atoms with E-state index in [1.807, 2.05) is 0 Å². The smallest absolute Gasteiger partial charge is 0.308 e. The number of carbonyl (C=O) groups excluding carboxylic acids is 3. The Hall–Kier alpha value is -1.83.